The number of carboxylic acids is 2. The summed E-state index contributed by atoms with van der Waals surface area (Å²) < 4.78 is 63.5. The van der Waals surface area contributed by atoms with Gasteiger partial charge in [0.2, 0.25) is 5.91 Å². The van der Waals surface area contributed by atoms with Crippen LogP contribution in [0.5, 0.6) is 0 Å². The molecular formula is C20H23F6N5O5. The van der Waals surface area contributed by atoms with Crippen molar-refractivity contribution in [3.63, 3.8) is 0 Å². The van der Waals surface area contributed by atoms with E-state index in [9.17, 15) is 31.1 Å². The van der Waals surface area contributed by atoms with E-state index in [1.165, 1.54) is 0 Å². The summed E-state index contributed by atoms with van der Waals surface area (Å²) in [7, 11) is 0. The molecule has 1 aromatic carbocycles. The number of alkyl halides is 6. The minimum atomic E-state index is -5.08. The molecule has 0 aliphatic carbocycles. The summed E-state index contributed by atoms with van der Waals surface area (Å²) in [5, 5.41) is 16.9. The number of carboxylic acid groups (broad SMARTS) is 2. The van der Waals surface area contributed by atoms with Gasteiger partial charge in [-0.3, -0.25) is 15.1 Å². The topological polar surface area (TPSA) is 171 Å². The average molecular weight is 527 g/mol. The van der Waals surface area contributed by atoms with Crippen molar-refractivity contribution in [2.75, 3.05) is 6.54 Å². The van der Waals surface area contributed by atoms with Crippen LogP contribution in [0.1, 0.15) is 24.1 Å². The van der Waals surface area contributed by atoms with E-state index in [0.29, 0.717) is 19.4 Å². The fourth-order valence-corrected chi connectivity index (χ4v) is 2.04. The monoisotopic (exact) mass is 527 g/mol. The molecule has 0 atom stereocenters. The van der Waals surface area contributed by atoms with Crippen molar-refractivity contribution < 1.29 is 50.9 Å². The first kappa shape index (κ1) is 31.9. The Labute approximate surface area is 200 Å². The van der Waals surface area contributed by atoms with E-state index >= 15 is 0 Å². The lowest BCUT2D eigenvalue weighted by atomic mass is 10.1. The molecule has 0 saturated heterocycles. The standard InChI is InChI=1S/C16H21N5O.2C2HF3O2/c17-16(19-10-4-7-14-11-18-12-20-14)21-15(22)9-8-13-5-2-1-3-6-13;2*3-2(4,5)1(6)7/h1-3,5-6,11-12H,4,7-10H2,(H,18,20)(H3,17,19,21,22);2*(H,6,7). The third-order valence-corrected chi connectivity index (χ3v) is 3.68. The number of aromatic nitrogens is 2. The van der Waals surface area contributed by atoms with Crippen LogP contribution in [0.3, 0.4) is 0 Å². The van der Waals surface area contributed by atoms with Crippen LogP contribution in [0.2, 0.25) is 0 Å². The van der Waals surface area contributed by atoms with Crippen molar-refractivity contribution in [2.24, 2.45) is 10.7 Å². The summed E-state index contributed by atoms with van der Waals surface area (Å²) in [6.45, 7) is 0.573. The summed E-state index contributed by atoms with van der Waals surface area (Å²) in [6, 6.07) is 9.88. The highest BCUT2D eigenvalue weighted by atomic mass is 19.4. The number of H-pyrrole nitrogens is 1. The second-order valence-corrected chi connectivity index (χ2v) is 6.59. The molecule has 10 nitrogen and oxygen atoms in total. The largest absolute Gasteiger partial charge is 0.490 e. The maximum absolute atomic E-state index is 11.8. The number of amides is 1. The number of aryl methyl sites for hydroxylation is 2. The SMILES string of the molecule is NC(=NCCCc1cnc[nH]1)NC(=O)CCc1ccccc1.O=C(O)C(F)(F)F.O=C(O)C(F)(F)F. The van der Waals surface area contributed by atoms with Gasteiger partial charge in [0.1, 0.15) is 0 Å². The van der Waals surface area contributed by atoms with Crippen molar-refractivity contribution in [2.45, 2.75) is 38.0 Å². The number of nitrogens with two attached hydrogens (primary N) is 1. The molecule has 0 aliphatic heterocycles. The third-order valence-electron chi connectivity index (χ3n) is 3.68. The third kappa shape index (κ3) is 16.5. The van der Waals surface area contributed by atoms with E-state index in [1.54, 1.807) is 12.5 Å². The van der Waals surface area contributed by atoms with Crippen LogP contribution >= 0.6 is 0 Å². The highest BCUT2D eigenvalue weighted by Crippen LogP contribution is 2.13. The van der Waals surface area contributed by atoms with Crippen molar-refractivity contribution >= 4 is 23.8 Å². The lowest BCUT2D eigenvalue weighted by Gasteiger charge is -2.04. The Morgan fingerprint density at radius 1 is 0.972 bits per heavy atom. The van der Waals surface area contributed by atoms with Crippen LogP contribution < -0.4 is 11.1 Å². The van der Waals surface area contributed by atoms with E-state index in [1.807, 2.05) is 30.3 Å². The number of nitrogens with zero attached hydrogens (tertiary/aromatic N) is 2. The summed E-state index contributed by atoms with van der Waals surface area (Å²) >= 11 is 0. The first-order chi connectivity index (χ1) is 16.6. The van der Waals surface area contributed by atoms with E-state index in [0.717, 1.165) is 24.1 Å². The maximum atomic E-state index is 11.8. The number of carbonyl (C=O) groups excluding carboxylic acids is 1. The molecule has 6 N–H and O–H groups in total. The van der Waals surface area contributed by atoms with Crippen LogP contribution in [0, 0.1) is 0 Å². The normalized spacial score (nSPS) is 11.3. The van der Waals surface area contributed by atoms with Gasteiger partial charge in [-0.1, -0.05) is 30.3 Å². The van der Waals surface area contributed by atoms with Crippen LogP contribution in [-0.2, 0) is 27.2 Å². The van der Waals surface area contributed by atoms with E-state index < -0.39 is 24.3 Å². The van der Waals surface area contributed by atoms with Crippen LogP contribution in [0.25, 0.3) is 0 Å². The first-order valence-corrected chi connectivity index (χ1v) is 9.84. The molecule has 16 heteroatoms. The van der Waals surface area contributed by atoms with Gasteiger partial charge in [0.25, 0.3) is 0 Å². The van der Waals surface area contributed by atoms with Gasteiger partial charge in [0.05, 0.1) is 6.33 Å². The lowest BCUT2D eigenvalue weighted by molar-refractivity contribution is -0.193. The predicted octanol–water partition coefficient (Wildman–Crippen LogP) is 2.67. The number of rotatable bonds is 7. The molecule has 2 aromatic rings. The fourth-order valence-electron chi connectivity index (χ4n) is 2.04. The van der Waals surface area contributed by atoms with Crippen molar-refractivity contribution in [3.8, 4) is 0 Å². The number of aliphatic imine (C=N–C) groups is 1. The Bertz CT molecular complexity index is 940. The van der Waals surface area contributed by atoms with Gasteiger partial charge in [-0.25, -0.2) is 14.6 Å². The van der Waals surface area contributed by atoms with Crippen molar-refractivity contribution in [1.82, 2.24) is 15.3 Å². The van der Waals surface area contributed by atoms with Crippen LogP contribution in [0.4, 0.5) is 26.3 Å². The highest BCUT2D eigenvalue weighted by Gasteiger charge is 2.38. The van der Waals surface area contributed by atoms with Gasteiger partial charge in [-0.15, -0.1) is 0 Å². The second-order valence-electron chi connectivity index (χ2n) is 6.59. The van der Waals surface area contributed by atoms with Gasteiger partial charge < -0.3 is 20.9 Å². The number of nitrogens with one attached hydrogen (secondary N) is 2. The summed E-state index contributed by atoms with van der Waals surface area (Å²) in [6.07, 6.45) is -3.92. The second kappa shape index (κ2) is 15.7. The molecule has 0 unspecified atom stereocenters. The molecule has 1 aromatic heterocycles. The average Bonchev–Trinajstić information content (AvgIpc) is 3.29. The number of hydrogen-bond acceptors (Lipinski definition) is 5. The molecule has 200 valence electrons. The number of aliphatic carboxylic acids is 2. The minimum absolute atomic E-state index is 0.112. The lowest BCUT2D eigenvalue weighted by Crippen LogP contribution is -2.37. The van der Waals surface area contributed by atoms with Crippen molar-refractivity contribution in [3.05, 3.63) is 54.1 Å². The molecule has 0 radical (unpaired) electrons. The number of aromatic amines is 1. The minimum Gasteiger partial charge on any atom is -0.475 e. The molecule has 0 spiro atoms. The molecule has 0 bridgehead atoms. The summed E-state index contributed by atoms with van der Waals surface area (Å²) in [5.74, 6) is -5.44. The fraction of sp³-hybridized carbons (Fsp3) is 0.350. The number of carbonyl (C=O) groups is 3. The van der Waals surface area contributed by atoms with Gasteiger partial charge >= 0.3 is 24.3 Å². The molecule has 0 aliphatic rings. The van der Waals surface area contributed by atoms with Crippen LogP contribution in [-0.4, -0.2) is 62.9 Å². The van der Waals surface area contributed by atoms with Crippen LogP contribution in [0.15, 0.2) is 47.8 Å². The van der Waals surface area contributed by atoms with E-state index in [-0.39, 0.29) is 11.9 Å². The number of guanidine groups is 1. The maximum Gasteiger partial charge on any atom is 0.490 e. The molecule has 0 saturated carbocycles. The molecule has 2 rings (SSSR count). The molecular weight excluding hydrogens is 504 g/mol. The van der Waals surface area contributed by atoms with Gasteiger partial charge in [0.15, 0.2) is 5.96 Å². The van der Waals surface area contributed by atoms with Gasteiger partial charge in [-0.05, 0) is 24.8 Å². The number of imidazole rings is 1. The Hall–Kier alpha value is -4.11. The number of hydrogen-bond donors (Lipinski definition) is 5. The Morgan fingerprint density at radius 2 is 1.50 bits per heavy atom. The highest BCUT2D eigenvalue weighted by molar-refractivity contribution is 5.96. The number of benzene rings is 1. The van der Waals surface area contributed by atoms with Gasteiger partial charge in [-0.2, -0.15) is 26.3 Å². The molecule has 1 amide bonds. The zero-order valence-corrected chi connectivity index (χ0v) is 18.4. The molecule has 36 heavy (non-hydrogen) atoms. The smallest absolute Gasteiger partial charge is 0.475 e. The Balaban J connectivity index is 0.000000720. The molecule has 0 fully saturated rings. The van der Waals surface area contributed by atoms with E-state index in [2.05, 4.69) is 20.3 Å². The van der Waals surface area contributed by atoms with Gasteiger partial charge in [0, 0.05) is 24.9 Å². The first-order valence-electron chi connectivity index (χ1n) is 9.84. The van der Waals surface area contributed by atoms with E-state index in [4.69, 9.17) is 25.5 Å². The predicted molar refractivity (Wildman–Crippen MR) is 114 cm³/mol. The Kier molecular flexibility index (Phi) is 13.9. The zero-order valence-electron chi connectivity index (χ0n) is 18.4. The summed E-state index contributed by atoms with van der Waals surface area (Å²) in [5.41, 5.74) is 7.90. The van der Waals surface area contributed by atoms with Crippen molar-refractivity contribution in [1.29, 1.82) is 0 Å². The quantitative estimate of drug-likeness (QED) is 0.159. The zero-order chi connectivity index (χ0) is 27.8. The summed E-state index contributed by atoms with van der Waals surface area (Å²) in [4.78, 5) is 40.7. The molecule has 1 heterocycles. The Morgan fingerprint density at radius 3 is 1.94 bits per heavy atom. The number of halogens is 6.